The molecule has 0 spiro atoms. The number of allylic oxidation sites excluding steroid dienone is 4. The Morgan fingerprint density at radius 2 is 0.821 bits per heavy atom. The van der Waals surface area contributed by atoms with E-state index >= 15 is 0 Å². The standard InChI is InChI=1S/2C11H18P.C8H12.BF4.Fe.Rh/c2*1-9(2)12(10(3)4)11-7-5-6-8-11;1-2-4-6-8-7-5-3-1;2-1(3,4)5;;/h2*5-10H,1-4H3;1-2,7-8H,3-6H2;;;/q2*-1;;-1;+2;/b;;2-1-,8-7?;;;. The van der Waals surface area contributed by atoms with E-state index in [9.17, 15) is 17.3 Å². The zero-order valence-electron chi connectivity index (χ0n) is 24.7. The van der Waals surface area contributed by atoms with Crippen LogP contribution in [0.2, 0.25) is 0 Å². The van der Waals surface area contributed by atoms with Crippen LogP contribution in [0.15, 0.2) is 72.8 Å². The van der Waals surface area contributed by atoms with Gasteiger partial charge >= 0.3 is 24.3 Å². The topological polar surface area (TPSA) is 0 Å². The summed E-state index contributed by atoms with van der Waals surface area (Å²) in [5.74, 6) is 0. The second kappa shape index (κ2) is 24.6. The first-order valence-corrected chi connectivity index (χ1v) is 16.4. The Labute approximate surface area is 262 Å². The molecule has 0 atom stereocenters. The van der Waals surface area contributed by atoms with Gasteiger partial charge in [-0.25, -0.2) is 24.3 Å². The van der Waals surface area contributed by atoms with E-state index in [1.54, 1.807) is 10.6 Å². The van der Waals surface area contributed by atoms with Crippen LogP contribution in [-0.2, 0) is 36.5 Å². The molecule has 2 aromatic rings. The third-order valence-corrected chi connectivity index (χ3v) is 11.7. The van der Waals surface area contributed by atoms with Crippen molar-refractivity contribution in [2.75, 3.05) is 0 Å². The number of hydrogen-bond acceptors (Lipinski definition) is 0. The summed E-state index contributed by atoms with van der Waals surface area (Å²) in [7, 11) is -5.87. The molecule has 1 aliphatic rings. The van der Waals surface area contributed by atoms with Gasteiger partial charge in [0.05, 0.1) is 0 Å². The summed E-state index contributed by atoms with van der Waals surface area (Å²) in [6, 6.07) is 17.7. The fourth-order valence-electron chi connectivity index (χ4n) is 4.31. The van der Waals surface area contributed by atoms with Crippen LogP contribution in [0.25, 0.3) is 0 Å². The van der Waals surface area contributed by atoms with Crippen LogP contribution in [0, 0.1) is 0 Å². The molecule has 0 N–H and O–H groups in total. The number of halogens is 4. The molecule has 0 aliphatic heterocycles. The normalized spacial score (nSPS) is 13.8. The minimum absolute atomic E-state index is 0. The molecule has 1 aliphatic carbocycles. The van der Waals surface area contributed by atoms with E-state index in [-0.39, 0.29) is 52.4 Å². The van der Waals surface area contributed by atoms with Gasteiger partial charge in [-0.3, -0.25) is 0 Å². The quantitative estimate of drug-likeness (QED) is 0.0918. The molecule has 39 heavy (non-hydrogen) atoms. The molecule has 0 fully saturated rings. The maximum Gasteiger partial charge on any atom is 2.00 e. The molecule has 3 rings (SSSR count). The molecule has 0 bridgehead atoms. The molecule has 227 valence electrons. The van der Waals surface area contributed by atoms with Crippen LogP contribution in [0.5, 0.6) is 0 Å². The Hall–Kier alpha value is -0.0322. The Morgan fingerprint density at radius 3 is 0.974 bits per heavy atom. The largest absolute Gasteiger partial charge is 2.00 e. The van der Waals surface area contributed by atoms with Crippen molar-refractivity contribution in [2.24, 2.45) is 0 Å². The summed E-state index contributed by atoms with van der Waals surface area (Å²) in [5, 5.41) is 3.13. The van der Waals surface area contributed by atoms with Crippen molar-refractivity contribution in [3.63, 3.8) is 0 Å². The molecule has 2 aromatic carbocycles. The Balaban J connectivity index is -0.000000455. The Kier molecular flexibility index (Phi) is 27.3. The van der Waals surface area contributed by atoms with Crippen molar-refractivity contribution in [1.29, 1.82) is 0 Å². The summed E-state index contributed by atoms with van der Waals surface area (Å²) in [4.78, 5) is 0. The van der Waals surface area contributed by atoms with Crippen LogP contribution >= 0.6 is 15.8 Å². The third kappa shape index (κ3) is 23.2. The second-order valence-corrected chi connectivity index (χ2v) is 16.9. The van der Waals surface area contributed by atoms with Crippen molar-refractivity contribution in [3.05, 3.63) is 72.8 Å². The van der Waals surface area contributed by atoms with Gasteiger partial charge in [0.25, 0.3) is 0 Å². The summed E-state index contributed by atoms with van der Waals surface area (Å²) >= 11 is 0. The Morgan fingerprint density at radius 1 is 0.590 bits per heavy atom. The Bertz CT molecular complexity index is 736. The first-order chi connectivity index (χ1) is 17.3. The van der Waals surface area contributed by atoms with Gasteiger partial charge in [-0.1, -0.05) is 95.5 Å². The summed E-state index contributed by atoms with van der Waals surface area (Å²) in [6.45, 7) is 18.7. The predicted molar refractivity (Wildman–Crippen MR) is 165 cm³/mol. The average Bonchev–Trinajstić information content (AvgIpc) is 3.41. The fraction of sp³-hybridized carbons (Fsp3) is 0.533. The van der Waals surface area contributed by atoms with Crippen LogP contribution in [-0.4, -0.2) is 29.9 Å². The summed E-state index contributed by atoms with van der Waals surface area (Å²) < 4.78 is 39.0. The van der Waals surface area contributed by atoms with Gasteiger partial charge in [0.1, 0.15) is 0 Å². The van der Waals surface area contributed by atoms with Gasteiger partial charge in [0.2, 0.25) is 0 Å². The summed E-state index contributed by atoms with van der Waals surface area (Å²) in [5.41, 5.74) is 3.23. The first kappa shape index (κ1) is 43.4. The molecule has 9 heteroatoms. The van der Waals surface area contributed by atoms with E-state index in [1.807, 2.05) is 0 Å². The minimum Gasteiger partial charge on any atom is -0.418 e. The maximum atomic E-state index is 9.75. The smallest absolute Gasteiger partial charge is 0.418 e. The first-order valence-electron chi connectivity index (χ1n) is 13.4. The zero-order valence-corrected chi connectivity index (χ0v) is 29.3. The SMILES string of the molecule is C1=CCC/C=C\CC1.CC(C)P(c1ccc[cH-]1)C(C)C.CC(C)P(c1ccc[cH-]1)C(C)C.F[B-](F)(F)F.[Fe+2].[Rh]. The van der Waals surface area contributed by atoms with Crippen LogP contribution in [0.4, 0.5) is 17.3 Å². The molecule has 0 saturated carbocycles. The van der Waals surface area contributed by atoms with E-state index in [0.29, 0.717) is 0 Å². The molecule has 0 heterocycles. The van der Waals surface area contributed by atoms with Crippen LogP contribution < -0.4 is 10.6 Å². The molecule has 0 amide bonds. The van der Waals surface area contributed by atoms with Crippen molar-refractivity contribution in [2.45, 2.75) is 104 Å². The van der Waals surface area contributed by atoms with Gasteiger partial charge in [-0.15, -0.1) is 10.6 Å². The number of rotatable bonds is 6. The molecular weight excluding hydrogens is 668 g/mol. The fourth-order valence-corrected chi connectivity index (χ4v) is 10.1. The van der Waals surface area contributed by atoms with Gasteiger partial charge in [0, 0.05) is 19.5 Å². The van der Waals surface area contributed by atoms with E-state index < -0.39 is 7.25 Å². The molecule has 0 aromatic heterocycles. The molecule has 1 radical (unpaired) electrons. The van der Waals surface area contributed by atoms with Crippen molar-refractivity contribution in [3.8, 4) is 0 Å². The minimum atomic E-state index is -6.00. The van der Waals surface area contributed by atoms with E-state index in [1.165, 1.54) is 25.7 Å². The van der Waals surface area contributed by atoms with Crippen molar-refractivity contribution in [1.82, 2.24) is 0 Å². The molecule has 0 unspecified atom stereocenters. The average molecular weight is 716 g/mol. The molecule has 0 saturated heterocycles. The van der Waals surface area contributed by atoms with E-state index in [4.69, 9.17) is 0 Å². The van der Waals surface area contributed by atoms with Crippen molar-refractivity contribution >= 4 is 33.7 Å². The van der Waals surface area contributed by atoms with Crippen molar-refractivity contribution < 1.29 is 53.8 Å². The maximum absolute atomic E-state index is 9.75. The molecular formula is C30H48BF4FeP2Rh-. The van der Waals surface area contributed by atoms with Gasteiger partial charge in [-0.2, -0.15) is 24.3 Å². The van der Waals surface area contributed by atoms with E-state index in [2.05, 4.69) is 128 Å². The second-order valence-electron chi connectivity index (χ2n) is 10.1. The number of hydrogen-bond donors (Lipinski definition) is 0. The van der Waals surface area contributed by atoms with Crippen LogP contribution in [0.3, 0.4) is 0 Å². The summed E-state index contributed by atoms with van der Waals surface area (Å²) in [6.07, 6.45) is 14.0. The van der Waals surface area contributed by atoms with Gasteiger partial charge in [-0.05, 0) is 48.3 Å². The zero-order chi connectivity index (χ0) is 28.4. The molecule has 0 nitrogen and oxygen atoms in total. The third-order valence-electron chi connectivity index (χ3n) is 5.45. The van der Waals surface area contributed by atoms with E-state index in [0.717, 1.165) is 22.6 Å². The van der Waals surface area contributed by atoms with Gasteiger partial charge in [0.15, 0.2) is 0 Å². The monoisotopic (exact) mass is 716 g/mol. The predicted octanol–water partition coefficient (Wildman–Crippen LogP) is 10.6. The van der Waals surface area contributed by atoms with Crippen LogP contribution in [0.1, 0.15) is 81.1 Å². The van der Waals surface area contributed by atoms with Gasteiger partial charge < -0.3 is 17.3 Å².